The van der Waals surface area contributed by atoms with Crippen molar-refractivity contribution >= 4 is 17.5 Å². The van der Waals surface area contributed by atoms with Crippen LogP contribution in [0.5, 0.6) is 0 Å². The molecule has 0 fully saturated rings. The summed E-state index contributed by atoms with van der Waals surface area (Å²) in [6.45, 7) is 4.72. The molecule has 0 unspecified atom stereocenters. The van der Waals surface area contributed by atoms with Crippen molar-refractivity contribution in [2.45, 2.75) is 19.3 Å². The monoisotopic (exact) mass is 276 g/mol. The molecular formula is C15H20N2O3. The van der Waals surface area contributed by atoms with Gasteiger partial charge in [0, 0.05) is 19.3 Å². The van der Waals surface area contributed by atoms with Gasteiger partial charge in [-0.25, -0.2) is 0 Å². The zero-order valence-corrected chi connectivity index (χ0v) is 12.1. The fourth-order valence-electron chi connectivity index (χ4n) is 2.45. The lowest BCUT2D eigenvalue weighted by molar-refractivity contribution is -0.125. The van der Waals surface area contributed by atoms with Crippen molar-refractivity contribution in [1.82, 2.24) is 5.32 Å². The summed E-state index contributed by atoms with van der Waals surface area (Å²) in [5, 5.41) is 2.73. The lowest BCUT2D eigenvalue weighted by Gasteiger charge is -2.20. The van der Waals surface area contributed by atoms with Gasteiger partial charge in [0.1, 0.15) is 6.54 Å². The predicted molar refractivity (Wildman–Crippen MR) is 76.7 cm³/mol. The van der Waals surface area contributed by atoms with Gasteiger partial charge in [-0.15, -0.1) is 0 Å². The van der Waals surface area contributed by atoms with Crippen molar-refractivity contribution in [1.29, 1.82) is 0 Å². The van der Waals surface area contributed by atoms with Crippen molar-refractivity contribution in [3.8, 4) is 0 Å². The summed E-state index contributed by atoms with van der Waals surface area (Å²) in [5.41, 5.74) is 1.21. The van der Waals surface area contributed by atoms with Crippen LogP contribution in [0, 0.1) is 0 Å². The van der Waals surface area contributed by atoms with Crippen LogP contribution in [0.25, 0.3) is 0 Å². The highest BCUT2D eigenvalue weighted by atomic mass is 16.5. The first-order valence-corrected chi connectivity index (χ1v) is 6.65. The first kappa shape index (κ1) is 14.5. The van der Waals surface area contributed by atoms with Crippen LogP contribution in [-0.4, -0.2) is 38.6 Å². The second-order valence-corrected chi connectivity index (χ2v) is 5.38. The summed E-state index contributed by atoms with van der Waals surface area (Å²) in [7, 11) is 1.58. The fourth-order valence-corrected chi connectivity index (χ4v) is 2.45. The molecule has 5 nitrogen and oxygen atoms in total. The van der Waals surface area contributed by atoms with Crippen molar-refractivity contribution in [3.05, 3.63) is 29.8 Å². The Bertz CT molecular complexity index is 526. The smallest absolute Gasteiger partial charge is 0.240 e. The van der Waals surface area contributed by atoms with Gasteiger partial charge >= 0.3 is 0 Å². The van der Waals surface area contributed by atoms with E-state index < -0.39 is 5.41 Å². The first-order chi connectivity index (χ1) is 9.48. The van der Waals surface area contributed by atoms with Crippen LogP contribution in [0.15, 0.2) is 24.3 Å². The van der Waals surface area contributed by atoms with E-state index in [0.717, 1.165) is 11.3 Å². The summed E-state index contributed by atoms with van der Waals surface area (Å²) in [6, 6.07) is 7.61. The topological polar surface area (TPSA) is 58.6 Å². The van der Waals surface area contributed by atoms with Gasteiger partial charge in [0.05, 0.1) is 12.0 Å². The molecule has 1 aromatic rings. The Morgan fingerprint density at radius 2 is 2.05 bits per heavy atom. The fraction of sp³-hybridized carbons (Fsp3) is 0.467. The van der Waals surface area contributed by atoms with E-state index in [1.54, 1.807) is 12.0 Å². The minimum Gasteiger partial charge on any atom is -0.383 e. The number of rotatable bonds is 5. The van der Waals surface area contributed by atoms with Gasteiger partial charge in [-0.1, -0.05) is 18.2 Å². The molecular weight excluding hydrogens is 256 g/mol. The molecule has 0 radical (unpaired) electrons. The Morgan fingerprint density at radius 3 is 2.75 bits per heavy atom. The van der Waals surface area contributed by atoms with Crippen LogP contribution in [0.4, 0.5) is 5.69 Å². The van der Waals surface area contributed by atoms with Crippen LogP contribution >= 0.6 is 0 Å². The Labute approximate surface area is 118 Å². The number of nitrogens with one attached hydrogen (secondary N) is 1. The number of amides is 2. The number of carbonyl (C=O) groups is 2. The number of nitrogens with zero attached hydrogens (tertiary/aromatic N) is 1. The van der Waals surface area contributed by atoms with Gasteiger partial charge in [-0.05, 0) is 25.5 Å². The molecule has 0 saturated heterocycles. The van der Waals surface area contributed by atoms with Crippen LogP contribution in [0.1, 0.15) is 19.4 Å². The third-order valence-corrected chi connectivity index (χ3v) is 3.58. The van der Waals surface area contributed by atoms with E-state index in [4.69, 9.17) is 4.74 Å². The third kappa shape index (κ3) is 2.54. The molecule has 5 heteroatoms. The quantitative estimate of drug-likeness (QED) is 0.819. The Balaban J connectivity index is 2.13. The minimum absolute atomic E-state index is 0.0411. The molecule has 0 spiro atoms. The summed E-state index contributed by atoms with van der Waals surface area (Å²) < 4.78 is 4.88. The molecule has 0 aromatic heterocycles. The zero-order valence-electron chi connectivity index (χ0n) is 12.1. The van der Waals surface area contributed by atoms with Gasteiger partial charge in [0.15, 0.2) is 0 Å². The molecule has 2 rings (SSSR count). The number of hydrogen-bond acceptors (Lipinski definition) is 3. The van der Waals surface area contributed by atoms with E-state index in [1.165, 1.54) is 0 Å². The van der Waals surface area contributed by atoms with Crippen molar-refractivity contribution in [3.63, 3.8) is 0 Å². The Morgan fingerprint density at radius 1 is 1.35 bits per heavy atom. The number of anilines is 1. The predicted octanol–water partition coefficient (Wildman–Crippen LogP) is 1.07. The van der Waals surface area contributed by atoms with Crippen molar-refractivity contribution in [2.75, 3.05) is 31.7 Å². The normalized spacial score (nSPS) is 16.1. The average molecular weight is 276 g/mol. The molecule has 1 aliphatic rings. The summed E-state index contributed by atoms with van der Waals surface area (Å²) in [5.74, 6) is -0.219. The molecule has 0 bridgehead atoms. The summed E-state index contributed by atoms with van der Waals surface area (Å²) in [6.07, 6.45) is 0. The van der Waals surface area contributed by atoms with E-state index in [0.29, 0.717) is 13.2 Å². The largest absolute Gasteiger partial charge is 0.383 e. The number of fused-ring (bicyclic) bond motifs is 1. The number of methoxy groups -OCH3 is 1. The molecule has 0 saturated carbocycles. The minimum atomic E-state index is -0.580. The van der Waals surface area contributed by atoms with Gasteiger partial charge in [0.25, 0.3) is 0 Å². The number of ether oxygens (including phenoxy) is 1. The maximum absolute atomic E-state index is 12.5. The highest BCUT2D eigenvalue weighted by Crippen LogP contribution is 2.40. The number of para-hydroxylation sites is 1. The maximum Gasteiger partial charge on any atom is 0.240 e. The molecule has 108 valence electrons. The molecule has 20 heavy (non-hydrogen) atoms. The van der Waals surface area contributed by atoms with E-state index >= 15 is 0 Å². The first-order valence-electron chi connectivity index (χ1n) is 6.65. The van der Waals surface area contributed by atoms with E-state index in [1.807, 2.05) is 38.1 Å². The van der Waals surface area contributed by atoms with Crippen molar-refractivity contribution in [2.24, 2.45) is 0 Å². The maximum atomic E-state index is 12.5. The van der Waals surface area contributed by atoms with Crippen LogP contribution < -0.4 is 10.2 Å². The molecule has 1 aromatic carbocycles. The second kappa shape index (κ2) is 5.63. The highest BCUT2D eigenvalue weighted by molar-refractivity contribution is 6.10. The van der Waals surface area contributed by atoms with Gasteiger partial charge < -0.3 is 15.0 Å². The zero-order chi connectivity index (χ0) is 14.8. The second-order valence-electron chi connectivity index (χ2n) is 5.38. The molecule has 1 heterocycles. The molecule has 0 atom stereocenters. The van der Waals surface area contributed by atoms with Gasteiger partial charge in [-0.3, -0.25) is 9.59 Å². The molecule has 0 aliphatic carbocycles. The lowest BCUT2D eigenvalue weighted by atomic mass is 9.86. The number of carbonyl (C=O) groups excluding carboxylic acids is 2. The van der Waals surface area contributed by atoms with E-state index in [-0.39, 0.29) is 18.4 Å². The van der Waals surface area contributed by atoms with E-state index in [9.17, 15) is 9.59 Å². The number of benzene rings is 1. The number of hydrogen-bond donors (Lipinski definition) is 1. The van der Waals surface area contributed by atoms with Crippen LogP contribution in [-0.2, 0) is 19.7 Å². The summed E-state index contributed by atoms with van der Waals surface area (Å²) >= 11 is 0. The third-order valence-electron chi connectivity index (χ3n) is 3.58. The van der Waals surface area contributed by atoms with E-state index in [2.05, 4.69) is 5.32 Å². The lowest BCUT2D eigenvalue weighted by Crippen LogP contribution is -2.43. The Kier molecular flexibility index (Phi) is 4.09. The molecule has 1 aliphatic heterocycles. The SMILES string of the molecule is COCCNC(=O)CN1C(=O)C(C)(C)c2ccccc21. The molecule has 1 N–H and O–H groups in total. The highest BCUT2D eigenvalue weighted by Gasteiger charge is 2.43. The molecule has 2 amide bonds. The van der Waals surface area contributed by atoms with Gasteiger partial charge in [-0.2, -0.15) is 0 Å². The Hall–Kier alpha value is -1.88. The standard InChI is InChI=1S/C15H20N2O3/c1-15(2)11-6-4-5-7-12(11)17(14(15)19)10-13(18)16-8-9-20-3/h4-7H,8-10H2,1-3H3,(H,16,18). The average Bonchev–Trinajstić information content (AvgIpc) is 2.61. The summed E-state index contributed by atoms with van der Waals surface area (Å²) in [4.78, 5) is 25.9. The van der Waals surface area contributed by atoms with Crippen molar-refractivity contribution < 1.29 is 14.3 Å². The van der Waals surface area contributed by atoms with Gasteiger partial charge in [0.2, 0.25) is 11.8 Å². The van der Waals surface area contributed by atoms with Crippen LogP contribution in [0.2, 0.25) is 0 Å². The van der Waals surface area contributed by atoms with Crippen LogP contribution in [0.3, 0.4) is 0 Å².